The quantitative estimate of drug-likeness (QED) is 0.262. The number of halogens is 1. The zero-order valence-corrected chi connectivity index (χ0v) is 21.5. The molecule has 3 aromatic rings. The summed E-state index contributed by atoms with van der Waals surface area (Å²) >= 11 is 3.54. The van der Waals surface area contributed by atoms with Crippen molar-refractivity contribution in [2.75, 3.05) is 47.4 Å². The number of aromatic hydroxyl groups is 1. The molecule has 0 bridgehead atoms. The van der Waals surface area contributed by atoms with Crippen LogP contribution in [-0.4, -0.2) is 79.4 Å². The van der Waals surface area contributed by atoms with Crippen molar-refractivity contribution in [3.63, 3.8) is 0 Å². The van der Waals surface area contributed by atoms with Crippen LogP contribution in [0.1, 0.15) is 24.0 Å². The van der Waals surface area contributed by atoms with Gasteiger partial charge in [0.2, 0.25) is 0 Å². The lowest BCUT2D eigenvalue weighted by Crippen LogP contribution is -3.10. The van der Waals surface area contributed by atoms with Crippen LogP contribution in [0.15, 0.2) is 57.1 Å². The van der Waals surface area contributed by atoms with E-state index in [1.807, 2.05) is 42.5 Å². The first-order valence-corrected chi connectivity index (χ1v) is 12.7. The maximum atomic E-state index is 10.8. The van der Waals surface area contributed by atoms with E-state index in [0.717, 1.165) is 37.7 Å². The monoisotopic (exact) mass is 525 g/mol. The minimum absolute atomic E-state index is 0.0783. The second kappa shape index (κ2) is 9.17. The number of piperidine rings is 1. The van der Waals surface area contributed by atoms with Gasteiger partial charge in [0, 0.05) is 33.8 Å². The first kappa shape index (κ1) is 23.1. The molecule has 3 N–H and O–H groups in total. The third-order valence-electron chi connectivity index (χ3n) is 7.31. The zero-order valence-electron chi connectivity index (χ0n) is 19.9. The number of aliphatic imine (C=N–C) groups is 1. The van der Waals surface area contributed by atoms with Gasteiger partial charge in [-0.1, -0.05) is 39.3 Å². The Morgan fingerprint density at radius 3 is 2.76 bits per heavy atom. The van der Waals surface area contributed by atoms with Crippen LogP contribution in [-0.2, 0) is 4.84 Å². The summed E-state index contributed by atoms with van der Waals surface area (Å²) < 4.78 is 1.87. The maximum Gasteiger partial charge on any atom is 0.199 e. The van der Waals surface area contributed by atoms with E-state index in [4.69, 9.17) is 9.83 Å². The smallest absolute Gasteiger partial charge is 0.199 e. The number of H-pyrrole nitrogens is 1. The molecule has 0 amide bonds. The Hall–Kier alpha value is -2.68. The molecule has 34 heavy (non-hydrogen) atoms. The van der Waals surface area contributed by atoms with Crippen molar-refractivity contribution in [2.24, 2.45) is 10.1 Å². The molecule has 0 spiro atoms. The summed E-state index contributed by atoms with van der Waals surface area (Å²) in [6.07, 6.45) is 2.49. The summed E-state index contributed by atoms with van der Waals surface area (Å²) in [7, 11) is 6.86. The predicted octanol–water partition coefficient (Wildman–Crippen LogP) is 3.24. The van der Waals surface area contributed by atoms with Gasteiger partial charge in [-0.2, -0.15) is 0 Å². The van der Waals surface area contributed by atoms with Crippen molar-refractivity contribution in [1.29, 1.82) is 0 Å². The molecule has 0 aliphatic carbocycles. The third kappa shape index (κ3) is 4.37. The van der Waals surface area contributed by atoms with Crippen LogP contribution in [0.2, 0.25) is 0 Å². The van der Waals surface area contributed by atoms with Crippen LogP contribution in [0.5, 0.6) is 5.88 Å². The fourth-order valence-electron chi connectivity index (χ4n) is 5.09. The van der Waals surface area contributed by atoms with Gasteiger partial charge in [0.25, 0.3) is 0 Å². The van der Waals surface area contributed by atoms with Crippen molar-refractivity contribution in [1.82, 2.24) is 4.98 Å². The van der Waals surface area contributed by atoms with Gasteiger partial charge >= 0.3 is 0 Å². The molecule has 0 saturated carbocycles. The van der Waals surface area contributed by atoms with Crippen molar-refractivity contribution < 1.29 is 19.3 Å². The SMILES string of the molecule is C[NH+]1CCC([N+](C)(C)CCON=C2C(c3c(O)[nH]c4ccc(Br)cc34)=Nc3ccccc32)CC1. The molecular formula is C26H32BrN5O2+2. The van der Waals surface area contributed by atoms with Crippen LogP contribution < -0.4 is 4.90 Å². The number of benzene rings is 2. The zero-order chi connectivity index (χ0) is 23.9. The van der Waals surface area contributed by atoms with Crippen LogP contribution in [0, 0.1) is 0 Å². The van der Waals surface area contributed by atoms with Crippen molar-refractivity contribution in [3.05, 3.63) is 58.1 Å². The van der Waals surface area contributed by atoms with E-state index < -0.39 is 0 Å². The number of nitrogens with zero attached hydrogens (tertiary/aromatic N) is 3. The first-order valence-electron chi connectivity index (χ1n) is 11.9. The lowest BCUT2D eigenvalue weighted by Gasteiger charge is -2.40. The van der Waals surface area contributed by atoms with Gasteiger partial charge in [-0.05, 0) is 24.3 Å². The average Bonchev–Trinajstić information content (AvgIpc) is 3.33. The normalized spacial score (nSPS) is 21.6. The molecular weight excluding hydrogens is 494 g/mol. The highest BCUT2D eigenvalue weighted by Crippen LogP contribution is 2.36. The van der Waals surface area contributed by atoms with E-state index >= 15 is 0 Å². The number of aromatic nitrogens is 1. The number of hydrogen-bond donors (Lipinski definition) is 3. The Kier molecular flexibility index (Phi) is 6.22. The molecule has 8 heteroatoms. The van der Waals surface area contributed by atoms with E-state index in [9.17, 15) is 5.11 Å². The number of quaternary nitrogens is 2. The van der Waals surface area contributed by atoms with Crippen LogP contribution in [0.4, 0.5) is 5.69 Å². The van der Waals surface area contributed by atoms with E-state index in [1.165, 1.54) is 25.9 Å². The van der Waals surface area contributed by atoms with E-state index in [-0.39, 0.29) is 5.88 Å². The number of aromatic amines is 1. The number of hydrogen-bond acceptors (Lipinski definition) is 4. The second-order valence-corrected chi connectivity index (χ2v) is 10.9. The number of fused-ring (bicyclic) bond motifs is 2. The van der Waals surface area contributed by atoms with Gasteiger partial charge in [-0.25, -0.2) is 4.99 Å². The molecule has 5 rings (SSSR count). The summed E-state index contributed by atoms with van der Waals surface area (Å²) in [4.78, 5) is 15.4. The average molecular weight is 526 g/mol. The highest BCUT2D eigenvalue weighted by Gasteiger charge is 2.33. The molecule has 1 fully saturated rings. The highest BCUT2D eigenvalue weighted by atomic mass is 79.9. The Labute approximate surface area is 208 Å². The van der Waals surface area contributed by atoms with E-state index in [2.05, 4.69) is 47.2 Å². The molecule has 0 unspecified atom stereocenters. The Morgan fingerprint density at radius 2 is 1.97 bits per heavy atom. The van der Waals surface area contributed by atoms with Gasteiger partial charge in [0.15, 0.2) is 12.5 Å². The Morgan fingerprint density at radius 1 is 1.21 bits per heavy atom. The lowest BCUT2D eigenvalue weighted by molar-refractivity contribution is -0.944. The number of rotatable bonds is 6. The van der Waals surface area contributed by atoms with Crippen LogP contribution >= 0.6 is 15.9 Å². The molecule has 0 atom stereocenters. The molecule has 3 heterocycles. The summed E-state index contributed by atoms with van der Waals surface area (Å²) in [6.45, 7) is 3.88. The number of nitrogens with one attached hydrogen (secondary N) is 2. The standard InChI is InChI=1S/C26H30BrN5O2/c1-31-12-10-18(11-13-31)32(2,3)14-15-34-30-24-19-6-4-5-7-21(19)28-25(24)23-20-16-17(27)8-9-22(20)29-26(23)33/h4-9,16,18H,10-15H2,1-3H3,(H-,28,29,30,33)/p+2. The third-order valence-corrected chi connectivity index (χ3v) is 7.80. The molecule has 2 aliphatic heterocycles. The van der Waals surface area contributed by atoms with Gasteiger partial charge in [0.1, 0.15) is 18.0 Å². The molecule has 0 radical (unpaired) electrons. The summed E-state index contributed by atoms with van der Waals surface area (Å²) in [5.41, 5.74) is 4.49. The minimum Gasteiger partial charge on any atom is -0.494 e. The van der Waals surface area contributed by atoms with Crippen molar-refractivity contribution in [2.45, 2.75) is 18.9 Å². The molecule has 2 aromatic carbocycles. The number of likely N-dealkylation sites (tertiary alicyclic amines) is 1. The second-order valence-electron chi connectivity index (χ2n) is 9.98. The van der Waals surface area contributed by atoms with Crippen molar-refractivity contribution >= 4 is 43.9 Å². The van der Waals surface area contributed by atoms with Crippen LogP contribution in [0.3, 0.4) is 0 Å². The molecule has 2 aliphatic rings. The summed E-state index contributed by atoms with van der Waals surface area (Å²) in [6, 6.07) is 14.4. The largest absolute Gasteiger partial charge is 0.494 e. The number of likely N-dealkylation sites (N-methyl/N-ethyl adjacent to an activating group) is 1. The number of oxime groups is 1. The fraction of sp³-hybridized carbons (Fsp3) is 0.385. The minimum atomic E-state index is 0.0783. The van der Waals surface area contributed by atoms with Crippen molar-refractivity contribution in [3.8, 4) is 5.88 Å². The van der Waals surface area contributed by atoms with Gasteiger partial charge < -0.3 is 24.3 Å². The molecule has 1 aromatic heterocycles. The molecule has 7 nitrogen and oxygen atoms in total. The van der Waals surface area contributed by atoms with E-state index in [0.29, 0.717) is 29.6 Å². The predicted molar refractivity (Wildman–Crippen MR) is 139 cm³/mol. The van der Waals surface area contributed by atoms with E-state index in [1.54, 1.807) is 4.90 Å². The van der Waals surface area contributed by atoms with Gasteiger partial charge in [-0.15, -0.1) is 0 Å². The van der Waals surface area contributed by atoms with Gasteiger partial charge in [0.05, 0.1) is 51.5 Å². The number of para-hydroxylation sites is 1. The fourth-order valence-corrected chi connectivity index (χ4v) is 5.45. The summed E-state index contributed by atoms with van der Waals surface area (Å²) in [5, 5.41) is 16.2. The summed E-state index contributed by atoms with van der Waals surface area (Å²) in [5.74, 6) is 0.0783. The van der Waals surface area contributed by atoms with Gasteiger partial charge in [-0.3, -0.25) is 0 Å². The topological polar surface area (TPSA) is 74.4 Å². The molecule has 1 saturated heterocycles. The maximum absolute atomic E-state index is 10.8. The first-order chi connectivity index (χ1) is 16.3. The molecule has 178 valence electrons. The van der Waals surface area contributed by atoms with Crippen LogP contribution in [0.25, 0.3) is 10.9 Å². The Bertz CT molecular complexity index is 1270. The highest BCUT2D eigenvalue weighted by molar-refractivity contribution is 9.10. The lowest BCUT2D eigenvalue weighted by atomic mass is 10.0. The Balaban J connectivity index is 1.39.